The molecule has 1 amide bonds. The Bertz CT molecular complexity index is 1300. The number of amides is 1. The number of pyridine rings is 1. The number of para-hydroxylation sites is 1. The Balaban J connectivity index is 1.64. The molecule has 0 fully saturated rings. The Kier molecular flexibility index (Phi) is 5.85. The summed E-state index contributed by atoms with van der Waals surface area (Å²) in [6, 6.07) is 18.4. The summed E-state index contributed by atoms with van der Waals surface area (Å²) in [7, 11) is 1.56. The van der Waals surface area contributed by atoms with E-state index in [1.807, 2.05) is 30.3 Å². The number of benzene rings is 2. The van der Waals surface area contributed by atoms with Crippen LogP contribution in [0.3, 0.4) is 0 Å². The number of carbonyl (C=O) groups excluding carboxylic acids is 1. The SMILES string of the molecule is COc1cccc(-c2nc(C(=O)N(CC(=O)O)Cc3ccc4ccccc4n3)c(C)o2)c1. The average Bonchev–Trinajstić information content (AvgIpc) is 3.19. The molecule has 0 radical (unpaired) electrons. The molecule has 2 aromatic carbocycles. The third-order valence-electron chi connectivity index (χ3n) is 4.94. The normalized spacial score (nSPS) is 10.8. The van der Waals surface area contributed by atoms with Gasteiger partial charge in [0.15, 0.2) is 5.69 Å². The molecule has 0 aliphatic heterocycles. The zero-order valence-corrected chi connectivity index (χ0v) is 17.6. The van der Waals surface area contributed by atoms with E-state index in [4.69, 9.17) is 9.15 Å². The lowest BCUT2D eigenvalue weighted by Gasteiger charge is -2.19. The Morgan fingerprint density at radius 3 is 2.66 bits per heavy atom. The maximum absolute atomic E-state index is 13.2. The zero-order chi connectivity index (χ0) is 22.7. The molecular formula is C24H21N3O5. The second kappa shape index (κ2) is 8.89. The van der Waals surface area contributed by atoms with Gasteiger partial charge < -0.3 is 19.2 Å². The number of fused-ring (bicyclic) bond motifs is 1. The van der Waals surface area contributed by atoms with Crippen molar-refractivity contribution in [2.75, 3.05) is 13.7 Å². The third-order valence-corrected chi connectivity index (χ3v) is 4.94. The molecule has 2 aromatic heterocycles. The van der Waals surface area contributed by atoms with Crippen LogP contribution < -0.4 is 4.74 Å². The lowest BCUT2D eigenvalue weighted by molar-refractivity contribution is -0.137. The summed E-state index contributed by atoms with van der Waals surface area (Å²) in [5.74, 6) is -0.495. The number of methoxy groups -OCH3 is 1. The van der Waals surface area contributed by atoms with Crippen LogP contribution in [0.25, 0.3) is 22.4 Å². The highest BCUT2D eigenvalue weighted by Gasteiger charge is 2.26. The van der Waals surface area contributed by atoms with E-state index < -0.39 is 18.4 Å². The molecule has 0 aliphatic rings. The van der Waals surface area contributed by atoms with Crippen molar-refractivity contribution < 1.29 is 23.8 Å². The van der Waals surface area contributed by atoms with E-state index in [0.717, 1.165) is 10.9 Å². The number of ether oxygens (including phenoxy) is 1. The van der Waals surface area contributed by atoms with Gasteiger partial charge in [-0.2, -0.15) is 0 Å². The Labute approximate surface area is 184 Å². The van der Waals surface area contributed by atoms with Gasteiger partial charge in [-0.3, -0.25) is 14.6 Å². The summed E-state index contributed by atoms with van der Waals surface area (Å²) >= 11 is 0. The van der Waals surface area contributed by atoms with Gasteiger partial charge >= 0.3 is 5.97 Å². The number of aliphatic carboxylic acids is 1. The van der Waals surface area contributed by atoms with Gasteiger partial charge in [-0.05, 0) is 37.3 Å². The number of hydrogen-bond acceptors (Lipinski definition) is 6. The van der Waals surface area contributed by atoms with Crippen molar-refractivity contribution in [1.82, 2.24) is 14.9 Å². The Hall–Kier alpha value is -4.20. The summed E-state index contributed by atoms with van der Waals surface area (Å²) in [4.78, 5) is 34.8. The summed E-state index contributed by atoms with van der Waals surface area (Å²) in [5.41, 5.74) is 2.05. The van der Waals surface area contributed by atoms with Crippen molar-refractivity contribution in [3.8, 4) is 17.2 Å². The van der Waals surface area contributed by atoms with Crippen molar-refractivity contribution in [2.24, 2.45) is 0 Å². The lowest BCUT2D eigenvalue weighted by Crippen LogP contribution is -2.36. The quantitative estimate of drug-likeness (QED) is 0.472. The van der Waals surface area contributed by atoms with Gasteiger partial charge in [-0.25, -0.2) is 4.98 Å². The lowest BCUT2D eigenvalue weighted by atomic mass is 10.2. The molecule has 4 rings (SSSR count). The van der Waals surface area contributed by atoms with Crippen LogP contribution in [0.2, 0.25) is 0 Å². The van der Waals surface area contributed by atoms with Crippen LogP contribution in [0.1, 0.15) is 21.9 Å². The smallest absolute Gasteiger partial charge is 0.323 e. The molecule has 32 heavy (non-hydrogen) atoms. The number of nitrogens with zero attached hydrogens (tertiary/aromatic N) is 3. The summed E-state index contributed by atoms with van der Waals surface area (Å²) in [6.45, 7) is 1.15. The molecular weight excluding hydrogens is 410 g/mol. The fraction of sp³-hybridized carbons (Fsp3) is 0.167. The van der Waals surface area contributed by atoms with Crippen LogP contribution in [0.4, 0.5) is 0 Å². The van der Waals surface area contributed by atoms with Gasteiger partial charge in [-0.1, -0.05) is 30.3 Å². The van der Waals surface area contributed by atoms with Crippen molar-refractivity contribution in [3.63, 3.8) is 0 Å². The highest BCUT2D eigenvalue weighted by Crippen LogP contribution is 2.26. The van der Waals surface area contributed by atoms with Gasteiger partial charge in [-0.15, -0.1) is 0 Å². The first-order chi connectivity index (χ1) is 15.4. The maximum atomic E-state index is 13.2. The third kappa shape index (κ3) is 4.44. The average molecular weight is 431 g/mol. The molecule has 8 nitrogen and oxygen atoms in total. The number of aromatic nitrogens is 2. The molecule has 162 valence electrons. The van der Waals surface area contributed by atoms with E-state index in [1.165, 1.54) is 4.90 Å². The van der Waals surface area contributed by atoms with Gasteiger partial charge in [0, 0.05) is 10.9 Å². The van der Waals surface area contributed by atoms with E-state index in [-0.39, 0.29) is 18.1 Å². The fourth-order valence-electron chi connectivity index (χ4n) is 3.38. The number of oxazole rings is 1. The predicted molar refractivity (Wildman–Crippen MR) is 117 cm³/mol. The maximum Gasteiger partial charge on any atom is 0.323 e. The van der Waals surface area contributed by atoms with Gasteiger partial charge in [0.2, 0.25) is 5.89 Å². The van der Waals surface area contributed by atoms with Gasteiger partial charge in [0.1, 0.15) is 18.1 Å². The summed E-state index contributed by atoms with van der Waals surface area (Å²) in [6.07, 6.45) is 0. The number of carboxylic acids is 1. The molecule has 0 unspecified atom stereocenters. The van der Waals surface area contributed by atoms with E-state index in [2.05, 4.69) is 9.97 Å². The highest BCUT2D eigenvalue weighted by atomic mass is 16.5. The van der Waals surface area contributed by atoms with Crippen molar-refractivity contribution in [2.45, 2.75) is 13.5 Å². The second-order valence-electron chi connectivity index (χ2n) is 7.21. The van der Waals surface area contributed by atoms with Crippen LogP contribution >= 0.6 is 0 Å². The highest BCUT2D eigenvalue weighted by molar-refractivity contribution is 5.95. The Morgan fingerprint density at radius 2 is 1.88 bits per heavy atom. The molecule has 0 bridgehead atoms. The first-order valence-corrected chi connectivity index (χ1v) is 9.92. The standard InChI is InChI=1S/C24H21N3O5/c1-15-22(26-23(32-15)17-7-5-8-19(12-17)31-2)24(30)27(14-21(28)29)13-18-11-10-16-6-3-4-9-20(16)25-18/h3-12H,13-14H2,1-2H3,(H,28,29). The van der Waals surface area contributed by atoms with Crippen LogP contribution in [0.5, 0.6) is 5.75 Å². The number of carbonyl (C=O) groups is 2. The Morgan fingerprint density at radius 1 is 1.06 bits per heavy atom. The minimum Gasteiger partial charge on any atom is -0.497 e. The predicted octanol–water partition coefficient (Wildman–Crippen LogP) is 3.93. The molecule has 1 N–H and O–H groups in total. The molecule has 0 saturated heterocycles. The molecule has 8 heteroatoms. The minimum atomic E-state index is -1.13. The minimum absolute atomic E-state index is 0.0246. The number of rotatable bonds is 7. The molecule has 0 atom stereocenters. The van der Waals surface area contributed by atoms with Crippen LogP contribution in [0.15, 0.2) is 65.1 Å². The van der Waals surface area contributed by atoms with Gasteiger partial charge in [0.05, 0.1) is 24.9 Å². The van der Waals surface area contributed by atoms with Crippen molar-refractivity contribution in [1.29, 1.82) is 0 Å². The van der Waals surface area contributed by atoms with Crippen LogP contribution in [-0.4, -0.2) is 45.5 Å². The van der Waals surface area contributed by atoms with E-state index in [1.54, 1.807) is 44.4 Å². The molecule has 0 aliphatic carbocycles. The molecule has 2 heterocycles. The molecule has 0 spiro atoms. The van der Waals surface area contributed by atoms with E-state index in [0.29, 0.717) is 22.8 Å². The monoisotopic (exact) mass is 431 g/mol. The van der Waals surface area contributed by atoms with E-state index in [9.17, 15) is 14.7 Å². The zero-order valence-electron chi connectivity index (χ0n) is 17.6. The first-order valence-electron chi connectivity index (χ1n) is 9.92. The number of carboxylic acid groups (broad SMARTS) is 1. The van der Waals surface area contributed by atoms with Crippen molar-refractivity contribution in [3.05, 3.63) is 77.8 Å². The largest absolute Gasteiger partial charge is 0.497 e. The first kappa shape index (κ1) is 21.0. The molecule has 4 aromatic rings. The summed E-state index contributed by atoms with van der Waals surface area (Å²) < 4.78 is 10.9. The van der Waals surface area contributed by atoms with Crippen LogP contribution in [0, 0.1) is 6.92 Å². The fourth-order valence-corrected chi connectivity index (χ4v) is 3.38. The van der Waals surface area contributed by atoms with Gasteiger partial charge in [0.25, 0.3) is 5.91 Å². The number of hydrogen-bond donors (Lipinski definition) is 1. The van der Waals surface area contributed by atoms with E-state index >= 15 is 0 Å². The number of aryl methyl sites for hydroxylation is 1. The summed E-state index contributed by atoms with van der Waals surface area (Å²) in [5, 5.41) is 10.3. The topological polar surface area (TPSA) is 106 Å². The second-order valence-corrected chi connectivity index (χ2v) is 7.21. The van der Waals surface area contributed by atoms with Crippen LogP contribution in [-0.2, 0) is 11.3 Å². The van der Waals surface area contributed by atoms with Crippen molar-refractivity contribution >= 4 is 22.8 Å². The molecule has 0 saturated carbocycles.